The second-order valence-corrected chi connectivity index (χ2v) is 5.65. The zero-order chi connectivity index (χ0) is 12.5. The van der Waals surface area contributed by atoms with Crippen molar-refractivity contribution in [2.75, 3.05) is 20.3 Å². The standard InChI is InChI=1S/C13H23N3O/c1-13(2,3)12-15-10-9-14-6-5-11(10)16(12)7-8-17-4/h14H,5-9H2,1-4H3. The molecule has 0 spiro atoms. The Hall–Kier alpha value is -0.870. The van der Waals surface area contributed by atoms with Gasteiger partial charge in [-0.3, -0.25) is 0 Å². The summed E-state index contributed by atoms with van der Waals surface area (Å²) in [6.07, 6.45) is 1.07. The molecule has 96 valence electrons. The van der Waals surface area contributed by atoms with Crippen molar-refractivity contribution in [3.05, 3.63) is 17.2 Å². The van der Waals surface area contributed by atoms with Gasteiger partial charge in [0, 0.05) is 44.3 Å². The predicted molar refractivity (Wildman–Crippen MR) is 68.2 cm³/mol. The normalized spacial score (nSPS) is 16.0. The van der Waals surface area contributed by atoms with E-state index >= 15 is 0 Å². The van der Waals surface area contributed by atoms with Crippen molar-refractivity contribution in [2.45, 2.75) is 45.7 Å². The number of methoxy groups -OCH3 is 1. The van der Waals surface area contributed by atoms with Crippen molar-refractivity contribution in [3.8, 4) is 0 Å². The molecule has 0 radical (unpaired) electrons. The molecular weight excluding hydrogens is 214 g/mol. The number of ether oxygens (including phenoxy) is 1. The van der Waals surface area contributed by atoms with Crippen LogP contribution in [0.4, 0.5) is 0 Å². The second-order valence-electron chi connectivity index (χ2n) is 5.65. The largest absolute Gasteiger partial charge is 0.383 e. The van der Waals surface area contributed by atoms with Gasteiger partial charge in [0.25, 0.3) is 0 Å². The van der Waals surface area contributed by atoms with E-state index in [2.05, 4.69) is 30.7 Å². The van der Waals surface area contributed by atoms with Gasteiger partial charge in [0.2, 0.25) is 0 Å². The minimum Gasteiger partial charge on any atom is -0.383 e. The molecule has 0 aromatic carbocycles. The van der Waals surface area contributed by atoms with Crippen LogP contribution in [0.3, 0.4) is 0 Å². The Morgan fingerprint density at radius 2 is 2.18 bits per heavy atom. The predicted octanol–water partition coefficient (Wildman–Crippen LogP) is 1.47. The van der Waals surface area contributed by atoms with Gasteiger partial charge in [-0.25, -0.2) is 4.98 Å². The highest BCUT2D eigenvalue weighted by molar-refractivity contribution is 5.23. The van der Waals surface area contributed by atoms with Crippen LogP contribution in [0, 0.1) is 0 Å². The van der Waals surface area contributed by atoms with Crippen LogP contribution >= 0.6 is 0 Å². The second kappa shape index (κ2) is 4.78. The van der Waals surface area contributed by atoms with Crippen LogP contribution in [-0.4, -0.2) is 29.8 Å². The molecule has 0 aliphatic carbocycles. The quantitative estimate of drug-likeness (QED) is 0.865. The molecule has 0 amide bonds. The van der Waals surface area contributed by atoms with Gasteiger partial charge in [-0.05, 0) is 0 Å². The number of rotatable bonds is 3. The van der Waals surface area contributed by atoms with Gasteiger partial charge in [0.15, 0.2) is 0 Å². The molecule has 0 atom stereocenters. The van der Waals surface area contributed by atoms with E-state index in [1.807, 2.05) is 0 Å². The molecule has 1 aromatic heterocycles. The first kappa shape index (κ1) is 12.6. The first-order valence-electron chi connectivity index (χ1n) is 6.32. The molecule has 2 heterocycles. The summed E-state index contributed by atoms with van der Waals surface area (Å²) in [7, 11) is 1.75. The highest BCUT2D eigenvalue weighted by Crippen LogP contribution is 2.26. The lowest BCUT2D eigenvalue weighted by Crippen LogP contribution is -2.26. The van der Waals surface area contributed by atoms with Gasteiger partial charge in [0.1, 0.15) is 5.82 Å². The van der Waals surface area contributed by atoms with E-state index in [0.29, 0.717) is 0 Å². The highest BCUT2D eigenvalue weighted by atomic mass is 16.5. The molecule has 1 aliphatic rings. The Kier molecular flexibility index (Phi) is 3.54. The van der Waals surface area contributed by atoms with E-state index in [4.69, 9.17) is 9.72 Å². The lowest BCUT2D eigenvalue weighted by Gasteiger charge is -2.21. The number of imidazole rings is 1. The van der Waals surface area contributed by atoms with Crippen LogP contribution in [0.25, 0.3) is 0 Å². The third kappa shape index (κ3) is 2.53. The maximum atomic E-state index is 5.21. The summed E-state index contributed by atoms with van der Waals surface area (Å²) in [5.41, 5.74) is 2.70. The molecule has 1 aliphatic heterocycles. The van der Waals surface area contributed by atoms with Crippen molar-refractivity contribution >= 4 is 0 Å². The molecule has 0 saturated heterocycles. The molecule has 4 heteroatoms. The maximum absolute atomic E-state index is 5.21. The van der Waals surface area contributed by atoms with Crippen LogP contribution in [-0.2, 0) is 29.7 Å². The molecule has 1 N–H and O–H groups in total. The number of nitrogens with one attached hydrogen (secondary N) is 1. The van der Waals surface area contributed by atoms with Crippen molar-refractivity contribution in [1.29, 1.82) is 0 Å². The zero-order valence-corrected chi connectivity index (χ0v) is 11.3. The summed E-state index contributed by atoms with van der Waals surface area (Å²) in [5.74, 6) is 1.18. The Labute approximate surface area is 103 Å². The zero-order valence-electron chi connectivity index (χ0n) is 11.3. The van der Waals surface area contributed by atoms with Crippen molar-refractivity contribution < 1.29 is 4.74 Å². The van der Waals surface area contributed by atoms with Crippen LogP contribution in [0.15, 0.2) is 0 Å². The Morgan fingerprint density at radius 1 is 1.41 bits per heavy atom. The summed E-state index contributed by atoms with van der Waals surface area (Å²) in [6, 6.07) is 0. The Morgan fingerprint density at radius 3 is 2.82 bits per heavy atom. The average molecular weight is 237 g/mol. The summed E-state index contributed by atoms with van der Waals surface area (Å²) >= 11 is 0. The molecule has 2 rings (SSSR count). The third-order valence-corrected chi connectivity index (χ3v) is 3.18. The summed E-state index contributed by atoms with van der Waals surface area (Å²) in [5, 5.41) is 3.38. The topological polar surface area (TPSA) is 39.1 Å². The Bertz CT molecular complexity index is 390. The lowest BCUT2D eigenvalue weighted by atomic mass is 9.95. The number of aromatic nitrogens is 2. The van der Waals surface area contributed by atoms with Crippen molar-refractivity contribution in [2.24, 2.45) is 0 Å². The van der Waals surface area contributed by atoms with E-state index in [0.717, 1.165) is 32.7 Å². The van der Waals surface area contributed by atoms with Gasteiger partial charge in [-0.1, -0.05) is 20.8 Å². The molecule has 1 aromatic rings. The van der Waals surface area contributed by atoms with Crippen LogP contribution in [0.5, 0.6) is 0 Å². The van der Waals surface area contributed by atoms with Gasteiger partial charge >= 0.3 is 0 Å². The first-order valence-corrected chi connectivity index (χ1v) is 6.32. The van der Waals surface area contributed by atoms with E-state index in [-0.39, 0.29) is 5.41 Å². The molecule has 0 saturated carbocycles. The fourth-order valence-electron chi connectivity index (χ4n) is 2.37. The van der Waals surface area contributed by atoms with Gasteiger partial charge in [-0.2, -0.15) is 0 Å². The lowest BCUT2D eigenvalue weighted by molar-refractivity contribution is 0.184. The van der Waals surface area contributed by atoms with E-state index in [9.17, 15) is 0 Å². The van der Waals surface area contributed by atoms with E-state index < -0.39 is 0 Å². The fourth-order valence-corrected chi connectivity index (χ4v) is 2.37. The number of fused-ring (bicyclic) bond motifs is 1. The van der Waals surface area contributed by atoms with Crippen molar-refractivity contribution in [1.82, 2.24) is 14.9 Å². The van der Waals surface area contributed by atoms with E-state index in [1.54, 1.807) is 7.11 Å². The first-order chi connectivity index (χ1) is 8.04. The van der Waals surface area contributed by atoms with Crippen LogP contribution in [0.1, 0.15) is 38.0 Å². The molecule has 4 nitrogen and oxygen atoms in total. The fraction of sp³-hybridized carbons (Fsp3) is 0.769. The maximum Gasteiger partial charge on any atom is 0.114 e. The number of nitrogens with zero attached hydrogens (tertiary/aromatic N) is 2. The Balaban J connectivity index is 2.39. The molecule has 0 unspecified atom stereocenters. The molecule has 17 heavy (non-hydrogen) atoms. The highest BCUT2D eigenvalue weighted by Gasteiger charge is 2.26. The molecule has 0 fully saturated rings. The minimum absolute atomic E-state index is 0.0884. The summed E-state index contributed by atoms with van der Waals surface area (Å²) in [4.78, 5) is 4.82. The van der Waals surface area contributed by atoms with Crippen LogP contribution < -0.4 is 5.32 Å². The van der Waals surface area contributed by atoms with Crippen molar-refractivity contribution in [3.63, 3.8) is 0 Å². The van der Waals surface area contributed by atoms with Crippen LogP contribution in [0.2, 0.25) is 0 Å². The third-order valence-electron chi connectivity index (χ3n) is 3.18. The SMILES string of the molecule is COCCn1c(C(C)(C)C)nc2c1CCNC2. The average Bonchev–Trinajstić information content (AvgIpc) is 2.65. The summed E-state index contributed by atoms with van der Waals surface area (Å²) in [6.45, 7) is 10.3. The number of hydrogen-bond donors (Lipinski definition) is 1. The number of hydrogen-bond acceptors (Lipinski definition) is 3. The minimum atomic E-state index is 0.0884. The monoisotopic (exact) mass is 237 g/mol. The van der Waals surface area contributed by atoms with Gasteiger partial charge in [-0.15, -0.1) is 0 Å². The smallest absolute Gasteiger partial charge is 0.114 e. The molecule has 0 bridgehead atoms. The summed E-state index contributed by atoms with van der Waals surface area (Å²) < 4.78 is 7.57. The van der Waals surface area contributed by atoms with Gasteiger partial charge in [0.05, 0.1) is 12.3 Å². The van der Waals surface area contributed by atoms with Gasteiger partial charge < -0.3 is 14.6 Å². The molecular formula is C13H23N3O. The van der Waals surface area contributed by atoms with E-state index in [1.165, 1.54) is 17.2 Å².